The summed E-state index contributed by atoms with van der Waals surface area (Å²) >= 11 is 0. The van der Waals surface area contributed by atoms with E-state index in [0.717, 1.165) is 35.1 Å². The van der Waals surface area contributed by atoms with Crippen molar-refractivity contribution in [1.82, 2.24) is 21.3 Å². The van der Waals surface area contributed by atoms with Gasteiger partial charge in [-0.2, -0.15) is 10.5 Å². The number of anilines is 2. The topological polar surface area (TPSA) is 263 Å². The summed E-state index contributed by atoms with van der Waals surface area (Å²) in [5.41, 5.74) is 9.81. The number of carboxylic acid groups (broad SMARTS) is 2. The predicted molar refractivity (Wildman–Crippen MR) is 298 cm³/mol. The number of carboxylic acids is 2. The molecule has 0 aliphatic heterocycles. The van der Waals surface area contributed by atoms with Crippen molar-refractivity contribution in [2.45, 2.75) is 88.6 Å². The van der Waals surface area contributed by atoms with Crippen LogP contribution in [0.3, 0.4) is 0 Å². The van der Waals surface area contributed by atoms with Crippen LogP contribution >= 0.6 is 0 Å². The Morgan fingerprint density at radius 3 is 1.37 bits per heavy atom. The maximum atomic E-state index is 13.0. The number of carbonyl (C=O) groups is 6. The summed E-state index contributed by atoms with van der Waals surface area (Å²) in [5.74, 6) is -2.13. The average molecular weight is 1050 g/mol. The van der Waals surface area contributed by atoms with Gasteiger partial charge in [-0.05, 0) is 144 Å². The minimum absolute atomic E-state index is 0.0378. The van der Waals surface area contributed by atoms with Gasteiger partial charge in [0.15, 0.2) is 0 Å². The zero-order valence-electron chi connectivity index (χ0n) is 43.1. The lowest BCUT2D eigenvalue weighted by Gasteiger charge is -2.24. The molecule has 8 N–H and O–H groups in total. The molecule has 2 unspecified atom stereocenters. The van der Waals surface area contributed by atoms with Crippen molar-refractivity contribution in [2.24, 2.45) is 0 Å². The van der Waals surface area contributed by atoms with E-state index in [1.54, 1.807) is 97.1 Å². The summed E-state index contributed by atoms with van der Waals surface area (Å²) in [6.07, 6.45) is 12.7. The highest BCUT2D eigenvalue weighted by Gasteiger charge is 2.22. The van der Waals surface area contributed by atoms with Crippen molar-refractivity contribution in [2.75, 3.05) is 23.7 Å². The van der Waals surface area contributed by atoms with Crippen molar-refractivity contribution < 1.29 is 39.0 Å². The molecule has 0 saturated heterocycles. The molecule has 6 aromatic carbocycles. The number of nitrogens with zero attached hydrogens (tertiary/aromatic N) is 2. The number of aliphatic carboxylic acids is 2. The molecule has 6 amide bonds. The molecular formula is C62H62N8O8. The van der Waals surface area contributed by atoms with E-state index in [1.165, 1.54) is 61.6 Å². The minimum atomic E-state index is -0.983. The molecular weight excluding hydrogens is 985 g/mol. The molecule has 2 aliphatic rings. The lowest BCUT2D eigenvalue weighted by molar-refractivity contribution is -0.137. The first kappa shape index (κ1) is 56.2. The normalized spacial score (nSPS) is 13.7. The molecule has 398 valence electrons. The van der Waals surface area contributed by atoms with Crippen molar-refractivity contribution >= 4 is 52.8 Å². The molecule has 6 aromatic rings. The van der Waals surface area contributed by atoms with E-state index in [0.29, 0.717) is 39.5 Å². The van der Waals surface area contributed by atoms with Gasteiger partial charge in [-0.25, -0.2) is 9.59 Å². The number of urea groups is 2. The van der Waals surface area contributed by atoms with E-state index in [4.69, 9.17) is 20.7 Å². The number of amides is 6. The SMILES string of the molecule is N#Cc1cccc(NC(=O)NC(c2ccc(C(=O)NCCC(=O)O)cc2)c2ccc(C3=CCCCC3)cc2)c1.N#Cc1cccc(NC(=O)NC(c2ccc(C(=O)NCCC(=O)O)cc2)c2ccc(C3CCCCC3)cc2)c1. The number of allylic oxidation sites excluding steroid dienone is 2. The van der Waals surface area contributed by atoms with Crippen LogP contribution in [-0.4, -0.2) is 59.1 Å². The molecule has 2 aliphatic carbocycles. The fourth-order valence-corrected chi connectivity index (χ4v) is 9.46. The van der Waals surface area contributed by atoms with Gasteiger partial charge in [0, 0.05) is 35.6 Å². The van der Waals surface area contributed by atoms with Gasteiger partial charge in [-0.1, -0.05) is 110 Å². The lowest BCUT2D eigenvalue weighted by atomic mass is 9.83. The maximum Gasteiger partial charge on any atom is 0.319 e. The molecule has 1 fully saturated rings. The van der Waals surface area contributed by atoms with Crippen LogP contribution in [0, 0.1) is 22.7 Å². The van der Waals surface area contributed by atoms with E-state index in [1.807, 2.05) is 24.3 Å². The van der Waals surface area contributed by atoms with Crippen LogP contribution in [0.15, 0.2) is 152 Å². The highest BCUT2D eigenvalue weighted by molar-refractivity contribution is 5.95. The van der Waals surface area contributed by atoms with E-state index in [-0.39, 0.29) is 37.7 Å². The summed E-state index contributed by atoms with van der Waals surface area (Å²) in [4.78, 5) is 72.2. The molecule has 0 heterocycles. The van der Waals surface area contributed by atoms with Gasteiger partial charge in [0.2, 0.25) is 0 Å². The number of nitrogens with one attached hydrogen (secondary N) is 6. The first-order chi connectivity index (χ1) is 37.8. The second kappa shape index (κ2) is 28.4. The van der Waals surface area contributed by atoms with Crippen LogP contribution in [0.25, 0.3) is 5.57 Å². The molecule has 16 heteroatoms. The smallest absolute Gasteiger partial charge is 0.319 e. The van der Waals surface area contributed by atoms with Gasteiger partial charge < -0.3 is 42.1 Å². The number of benzene rings is 6. The van der Waals surface area contributed by atoms with Crippen LogP contribution in [0.4, 0.5) is 21.0 Å². The summed E-state index contributed by atoms with van der Waals surface area (Å²) in [7, 11) is 0. The first-order valence-electron chi connectivity index (χ1n) is 26.1. The number of hydrogen-bond acceptors (Lipinski definition) is 8. The Hall–Kier alpha value is -9.54. The zero-order chi connectivity index (χ0) is 55.2. The molecule has 8 rings (SSSR count). The zero-order valence-corrected chi connectivity index (χ0v) is 43.1. The van der Waals surface area contributed by atoms with Crippen molar-refractivity contribution in [3.8, 4) is 12.1 Å². The van der Waals surface area contributed by atoms with E-state index in [9.17, 15) is 28.8 Å². The van der Waals surface area contributed by atoms with Crippen LogP contribution < -0.4 is 31.9 Å². The quantitative estimate of drug-likeness (QED) is 0.0403. The highest BCUT2D eigenvalue weighted by atomic mass is 16.4. The first-order valence-corrected chi connectivity index (χ1v) is 26.1. The summed E-state index contributed by atoms with van der Waals surface area (Å²) in [6, 6.07) is 45.8. The minimum Gasteiger partial charge on any atom is -0.481 e. The van der Waals surface area contributed by atoms with Crippen LogP contribution in [0.1, 0.15) is 154 Å². The van der Waals surface area contributed by atoms with Gasteiger partial charge in [0.1, 0.15) is 0 Å². The van der Waals surface area contributed by atoms with Crippen molar-refractivity contribution in [3.05, 3.63) is 207 Å². The molecule has 16 nitrogen and oxygen atoms in total. The van der Waals surface area contributed by atoms with Gasteiger partial charge in [0.05, 0.1) is 48.2 Å². The number of carbonyl (C=O) groups excluding carboxylic acids is 4. The predicted octanol–water partition coefficient (Wildman–Crippen LogP) is 11.4. The summed E-state index contributed by atoms with van der Waals surface area (Å²) in [6.45, 7) is 0.0800. The molecule has 0 spiro atoms. The third kappa shape index (κ3) is 16.7. The number of rotatable bonds is 18. The van der Waals surface area contributed by atoms with E-state index in [2.05, 4.69) is 74.4 Å². The monoisotopic (exact) mass is 1050 g/mol. The fraction of sp³-hybridized carbons (Fsp3) is 0.258. The summed E-state index contributed by atoms with van der Waals surface area (Å²) in [5, 5.41) is 52.7. The Kier molecular flexibility index (Phi) is 20.4. The third-order valence-corrected chi connectivity index (χ3v) is 13.6. The number of hydrogen-bond donors (Lipinski definition) is 8. The van der Waals surface area contributed by atoms with Gasteiger partial charge in [-0.15, -0.1) is 0 Å². The standard InChI is InChI=1S/C31H32N4O4.C31H30N4O4/c2*32-20-21-5-4-8-27(19-21)34-31(39)35-29(24-11-9-23(10-12-24)22-6-2-1-3-7-22)25-13-15-26(16-14-25)30(38)33-18-17-28(36)37/h4-5,8-16,19,22,29H,1-3,6-7,17-18H2,(H,33,38)(H,36,37)(H2,34,35,39);4-6,8-16,19,29H,1-3,7,17-18H2,(H,33,38)(H,36,37)(H2,34,35,39). The second-order valence-corrected chi connectivity index (χ2v) is 19.1. The highest BCUT2D eigenvalue weighted by Crippen LogP contribution is 2.34. The third-order valence-electron chi connectivity index (χ3n) is 13.6. The Labute approximate surface area is 453 Å². The maximum absolute atomic E-state index is 13.0. The molecule has 0 radical (unpaired) electrons. The van der Waals surface area contributed by atoms with E-state index >= 15 is 0 Å². The average Bonchev–Trinajstić information content (AvgIpc) is 3.46. The van der Waals surface area contributed by atoms with Crippen LogP contribution in [0.5, 0.6) is 0 Å². The van der Waals surface area contributed by atoms with E-state index < -0.39 is 36.1 Å². The Morgan fingerprint density at radius 2 is 0.962 bits per heavy atom. The van der Waals surface area contributed by atoms with Gasteiger partial charge in [0.25, 0.3) is 11.8 Å². The molecule has 0 aromatic heterocycles. The van der Waals surface area contributed by atoms with Crippen LogP contribution in [0.2, 0.25) is 0 Å². The van der Waals surface area contributed by atoms with Gasteiger partial charge in [-0.3, -0.25) is 19.2 Å². The lowest BCUT2D eigenvalue weighted by Crippen LogP contribution is -2.33. The van der Waals surface area contributed by atoms with Crippen LogP contribution in [-0.2, 0) is 9.59 Å². The Balaban J connectivity index is 0.000000226. The molecule has 78 heavy (non-hydrogen) atoms. The Bertz CT molecular complexity index is 3170. The van der Waals surface area contributed by atoms with Crippen molar-refractivity contribution in [3.63, 3.8) is 0 Å². The second-order valence-electron chi connectivity index (χ2n) is 19.1. The molecule has 1 saturated carbocycles. The Morgan fingerprint density at radius 1 is 0.526 bits per heavy atom. The summed E-state index contributed by atoms with van der Waals surface area (Å²) < 4.78 is 0. The van der Waals surface area contributed by atoms with Crippen molar-refractivity contribution in [1.29, 1.82) is 10.5 Å². The van der Waals surface area contributed by atoms with Gasteiger partial charge >= 0.3 is 24.0 Å². The molecule has 0 bridgehead atoms. The number of nitriles is 2. The largest absolute Gasteiger partial charge is 0.481 e. The fourth-order valence-electron chi connectivity index (χ4n) is 9.46. The molecule has 2 atom stereocenters.